The zero-order valence-electron chi connectivity index (χ0n) is 14.8. The number of thioether (sulfide) groups is 1. The standard InChI is InChI=1S/C19H25NO3S.6CH4.H2S/c1-13(2)10-16(23-11-14-6-4-3-5-7-14)19(22)20-9-8-17-18(20)15(21)12-24-17;;;;;;;/h3-7,13,16-18H,8-12H2,1-2H3;6*1H4;1H2/t16-,17+,18+;;;;;;;/m0......./s1. The molecule has 1 aromatic rings. The lowest BCUT2D eigenvalue weighted by Crippen LogP contribution is -2.47. The Bertz CT molecular complexity index is 596. The molecule has 1 amide bonds. The molecule has 0 N–H and O–H groups in total. The third-order valence-corrected chi connectivity index (χ3v) is 6.02. The van der Waals surface area contributed by atoms with Crippen molar-refractivity contribution in [1.29, 1.82) is 0 Å². The first-order valence-corrected chi connectivity index (χ1v) is 9.71. The SMILES string of the molecule is C.C.C.C.C.C.CC(C)C[C@H](OCc1ccccc1)C(=O)N1CC[C@H]2SCC(=O)[C@H]21.S. The summed E-state index contributed by atoms with van der Waals surface area (Å²) in [6.45, 7) is 5.29. The Balaban J connectivity index is -0.000000322. The van der Waals surface area contributed by atoms with Crippen LogP contribution in [0.5, 0.6) is 0 Å². The molecule has 3 atom stereocenters. The number of hydrogen-bond acceptors (Lipinski definition) is 4. The van der Waals surface area contributed by atoms with Crippen LogP contribution in [0.25, 0.3) is 0 Å². The Morgan fingerprint density at radius 1 is 1.10 bits per heavy atom. The molecule has 2 aliphatic heterocycles. The second-order valence-corrected chi connectivity index (χ2v) is 8.22. The van der Waals surface area contributed by atoms with Crippen molar-refractivity contribution in [3.8, 4) is 0 Å². The van der Waals surface area contributed by atoms with E-state index in [2.05, 4.69) is 13.8 Å². The van der Waals surface area contributed by atoms with Gasteiger partial charge in [0.25, 0.3) is 5.91 Å². The summed E-state index contributed by atoms with van der Waals surface area (Å²) in [6, 6.07) is 9.68. The van der Waals surface area contributed by atoms with Crippen molar-refractivity contribution in [1.82, 2.24) is 4.90 Å². The maximum atomic E-state index is 13.0. The molecule has 0 aromatic heterocycles. The smallest absolute Gasteiger partial charge is 0.252 e. The van der Waals surface area contributed by atoms with Crippen molar-refractivity contribution < 1.29 is 14.3 Å². The minimum Gasteiger partial charge on any atom is -0.364 e. The van der Waals surface area contributed by atoms with E-state index in [1.807, 2.05) is 30.3 Å². The van der Waals surface area contributed by atoms with Gasteiger partial charge in [-0.25, -0.2) is 0 Å². The number of carbonyl (C=O) groups is 2. The lowest BCUT2D eigenvalue weighted by Gasteiger charge is -2.28. The number of likely N-dealkylation sites (tertiary alicyclic amines) is 1. The fraction of sp³-hybridized carbons (Fsp3) is 0.680. The summed E-state index contributed by atoms with van der Waals surface area (Å²) < 4.78 is 5.99. The van der Waals surface area contributed by atoms with E-state index < -0.39 is 6.10 Å². The lowest BCUT2D eigenvalue weighted by atomic mass is 10.0. The van der Waals surface area contributed by atoms with Gasteiger partial charge in [-0.3, -0.25) is 9.59 Å². The van der Waals surface area contributed by atoms with Crippen LogP contribution in [0.3, 0.4) is 0 Å². The molecule has 6 heteroatoms. The number of nitrogens with zero attached hydrogens (tertiary/aromatic N) is 1. The Hall–Kier alpha value is -0.980. The highest BCUT2D eigenvalue weighted by Crippen LogP contribution is 2.36. The number of carbonyl (C=O) groups excluding carboxylic acids is 2. The maximum absolute atomic E-state index is 13.0. The van der Waals surface area contributed by atoms with Crippen LogP contribution >= 0.6 is 25.3 Å². The number of rotatable bonds is 6. The molecule has 1 aromatic carbocycles. The molecule has 2 heterocycles. The maximum Gasteiger partial charge on any atom is 0.252 e. The minimum atomic E-state index is -0.470. The first-order chi connectivity index (χ1) is 11.6. The Morgan fingerprint density at radius 3 is 2.23 bits per heavy atom. The van der Waals surface area contributed by atoms with Crippen molar-refractivity contribution in [2.45, 2.75) is 95.3 Å². The number of hydrogen-bond donors (Lipinski definition) is 0. The van der Waals surface area contributed by atoms with Crippen LogP contribution in [0.2, 0.25) is 0 Å². The van der Waals surface area contributed by atoms with Crippen molar-refractivity contribution in [3.63, 3.8) is 0 Å². The second kappa shape index (κ2) is 18.6. The van der Waals surface area contributed by atoms with Gasteiger partial charge in [-0.2, -0.15) is 13.5 Å². The molecule has 2 aliphatic rings. The van der Waals surface area contributed by atoms with Crippen molar-refractivity contribution in [3.05, 3.63) is 35.9 Å². The molecular weight excluding hydrogens is 426 g/mol. The summed E-state index contributed by atoms with van der Waals surface area (Å²) in [5, 5.41) is 0.287. The van der Waals surface area contributed by atoms with Gasteiger partial charge in [-0.1, -0.05) is 88.7 Å². The minimum absolute atomic E-state index is 0. The number of amides is 1. The molecule has 0 radical (unpaired) electrons. The van der Waals surface area contributed by atoms with E-state index >= 15 is 0 Å². The fourth-order valence-electron chi connectivity index (χ4n) is 3.47. The third-order valence-electron chi connectivity index (χ3n) is 4.65. The molecule has 0 saturated carbocycles. The Morgan fingerprint density at radius 2 is 1.68 bits per heavy atom. The van der Waals surface area contributed by atoms with E-state index in [4.69, 9.17) is 4.74 Å². The largest absolute Gasteiger partial charge is 0.364 e. The predicted octanol–water partition coefficient (Wildman–Crippen LogP) is 6.83. The quantitative estimate of drug-likeness (QED) is 0.450. The van der Waals surface area contributed by atoms with E-state index in [1.165, 1.54) is 0 Å². The molecule has 0 spiro atoms. The van der Waals surface area contributed by atoms with Gasteiger partial charge in [0.05, 0.1) is 12.4 Å². The van der Waals surface area contributed by atoms with Crippen molar-refractivity contribution in [2.75, 3.05) is 12.3 Å². The van der Waals surface area contributed by atoms with Crippen LogP contribution in [0.15, 0.2) is 30.3 Å². The summed E-state index contributed by atoms with van der Waals surface area (Å²) in [4.78, 5) is 27.0. The molecule has 0 aliphatic carbocycles. The first-order valence-electron chi connectivity index (χ1n) is 8.66. The van der Waals surface area contributed by atoms with E-state index in [0.717, 1.165) is 12.0 Å². The second-order valence-electron chi connectivity index (χ2n) is 7.00. The molecule has 2 saturated heterocycles. The average molecular weight is 478 g/mol. The highest BCUT2D eigenvalue weighted by atomic mass is 32.2. The number of benzene rings is 1. The lowest BCUT2D eigenvalue weighted by molar-refractivity contribution is -0.148. The van der Waals surface area contributed by atoms with E-state index in [9.17, 15) is 9.59 Å². The van der Waals surface area contributed by atoms with Gasteiger partial charge in [-0.15, -0.1) is 11.8 Å². The van der Waals surface area contributed by atoms with Gasteiger partial charge < -0.3 is 9.64 Å². The Kier molecular flexibility index (Phi) is 24.2. The summed E-state index contributed by atoms with van der Waals surface area (Å²) in [5.41, 5.74) is 1.06. The highest BCUT2D eigenvalue weighted by Gasteiger charge is 2.47. The van der Waals surface area contributed by atoms with Crippen LogP contribution in [0, 0.1) is 5.92 Å². The van der Waals surface area contributed by atoms with Gasteiger partial charge in [0, 0.05) is 11.8 Å². The van der Waals surface area contributed by atoms with E-state index in [-0.39, 0.29) is 81.0 Å². The van der Waals surface area contributed by atoms with Gasteiger partial charge in [-0.05, 0) is 24.3 Å². The number of ketones is 1. The molecular formula is C25H51NO3S2. The average Bonchev–Trinajstić information content (AvgIpc) is 3.15. The van der Waals surface area contributed by atoms with Gasteiger partial charge in [0.1, 0.15) is 12.1 Å². The molecule has 31 heavy (non-hydrogen) atoms. The van der Waals surface area contributed by atoms with Crippen LogP contribution < -0.4 is 0 Å². The summed E-state index contributed by atoms with van der Waals surface area (Å²) in [7, 11) is 0. The van der Waals surface area contributed by atoms with Crippen LogP contribution in [0.4, 0.5) is 0 Å². The number of Topliss-reactive ketones (excluding diaryl/α,β-unsaturated/α-hetero) is 1. The third kappa shape index (κ3) is 10.0. The number of fused-ring (bicyclic) bond motifs is 1. The summed E-state index contributed by atoms with van der Waals surface area (Å²) in [6.07, 6.45) is 1.13. The van der Waals surface area contributed by atoms with E-state index in [1.54, 1.807) is 16.7 Å². The van der Waals surface area contributed by atoms with Crippen molar-refractivity contribution in [2.24, 2.45) is 5.92 Å². The zero-order valence-corrected chi connectivity index (χ0v) is 16.6. The zero-order chi connectivity index (χ0) is 17.1. The van der Waals surface area contributed by atoms with Crippen LogP contribution in [-0.2, 0) is 20.9 Å². The molecule has 3 rings (SSSR count). The van der Waals surface area contributed by atoms with Gasteiger partial charge >= 0.3 is 0 Å². The normalized spacial score (nSPS) is 18.9. The van der Waals surface area contributed by atoms with Crippen LogP contribution in [-0.4, -0.2) is 46.3 Å². The van der Waals surface area contributed by atoms with Crippen molar-refractivity contribution >= 4 is 36.9 Å². The first kappa shape index (κ1) is 40.4. The molecule has 0 bridgehead atoms. The summed E-state index contributed by atoms with van der Waals surface area (Å²) >= 11 is 1.69. The molecule has 186 valence electrons. The van der Waals surface area contributed by atoms with Crippen LogP contribution in [0.1, 0.15) is 76.8 Å². The fourth-order valence-corrected chi connectivity index (χ4v) is 4.77. The van der Waals surface area contributed by atoms with Gasteiger partial charge in [0.2, 0.25) is 0 Å². The van der Waals surface area contributed by atoms with E-state index in [0.29, 0.717) is 31.2 Å². The number of ether oxygens (including phenoxy) is 1. The monoisotopic (exact) mass is 477 g/mol. The highest BCUT2D eigenvalue weighted by molar-refractivity contribution is 8.01. The topological polar surface area (TPSA) is 46.6 Å². The molecule has 2 fully saturated rings. The summed E-state index contributed by atoms with van der Waals surface area (Å²) in [5.74, 6) is 1.09. The molecule has 4 nitrogen and oxygen atoms in total. The predicted molar refractivity (Wildman–Crippen MR) is 147 cm³/mol. The van der Waals surface area contributed by atoms with Gasteiger partial charge in [0.15, 0.2) is 5.78 Å². The molecule has 0 unspecified atom stereocenters. The Labute approximate surface area is 205 Å².